The molecule has 3 amide bonds. The van der Waals surface area contributed by atoms with Gasteiger partial charge >= 0.3 is 12.1 Å². The molecule has 0 radical (unpaired) electrons. The summed E-state index contributed by atoms with van der Waals surface area (Å²) in [5.74, 6) is -1.42. The number of hydrogen-bond acceptors (Lipinski definition) is 6. The molecule has 9 heteroatoms. The third-order valence-corrected chi connectivity index (χ3v) is 7.24. The Morgan fingerprint density at radius 2 is 1.41 bits per heavy atom. The summed E-state index contributed by atoms with van der Waals surface area (Å²) in [5, 5.41) is 5.73. The molecule has 2 N–H and O–H groups in total. The first-order chi connectivity index (χ1) is 21.3. The SMILES string of the molecule is CCCN(C(=O)C(CC(C)C)NC(=O)OC(C)(C)C)C(C(=O)NC(Cc1ccccc1)C(=O)OC(C)(C)C)c1cccc(C)c1C. The molecule has 0 aliphatic carbocycles. The summed E-state index contributed by atoms with van der Waals surface area (Å²) in [6.45, 7) is 20.6. The van der Waals surface area contributed by atoms with E-state index in [1.807, 2.05) is 83.1 Å². The number of carbonyl (C=O) groups excluding carboxylic acids is 4. The van der Waals surface area contributed by atoms with Crippen molar-refractivity contribution in [2.24, 2.45) is 5.92 Å². The lowest BCUT2D eigenvalue weighted by molar-refractivity contribution is -0.159. The van der Waals surface area contributed by atoms with Crippen molar-refractivity contribution in [1.82, 2.24) is 15.5 Å². The molecule has 0 aromatic heterocycles. The van der Waals surface area contributed by atoms with Crippen LogP contribution in [0.3, 0.4) is 0 Å². The molecule has 0 spiro atoms. The molecule has 2 rings (SSSR count). The normalized spacial score (nSPS) is 13.7. The quantitative estimate of drug-likeness (QED) is 0.240. The number of amides is 3. The standard InChI is InChI=1S/C37H55N3O6/c1-12-21-40(33(42)29(22-24(2)3)39-35(44)46-37(9,10)11)31(28-20-16-17-25(4)26(28)5)32(41)38-30(34(43)45-36(6,7)8)23-27-18-14-13-15-19-27/h13-20,24,29-31H,12,21-23H2,1-11H3,(H,38,41)(H,39,44). The summed E-state index contributed by atoms with van der Waals surface area (Å²) in [5.41, 5.74) is 1.77. The highest BCUT2D eigenvalue weighted by atomic mass is 16.6. The number of hydrogen-bond donors (Lipinski definition) is 2. The minimum atomic E-state index is -1.08. The van der Waals surface area contributed by atoms with Crippen molar-refractivity contribution in [3.8, 4) is 0 Å². The summed E-state index contributed by atoms with van der Waals surface area (Å²) < 4.78 is 11.2. The van der Waals surface area contributed by atoms with Crippen molar-refractivity contribution in [3.63, 3.8) is 0 Å². The maximum atomic E-state index is 14.5. The summed E-state index contributed by atoms with van der Waals surface area (Å²) in [6.07, 6.45) is 0.400. The molecule has 0 heterocycles. The van der Waals surface area contributed by atoms with Crippen molar-refractivity contribution < 1.29 is 28.7 Å². The molecule has 46 heavy (non-hydrogen) atoms. The van der Waals surface area contributed by atoms with Crippen molar-refractivity contribution in [1.29, 1.82) is 0 Å². The molecule has 254 valence electrons. The van der Waals surface area contributed by atoms with Crippen molar-refractivity contribution in [2.45, 2.75) is 125 Å². The zero-order chi connectivity index (χ0) is 34.8. The van der Waals surface area contributed by atoms with Gasteiger partial charge in [0.25, 0.3) is 0 Å². The van der Waals surface area contributed by atoms with Crippen LogP contribution >= 0.6 is 0 Å². The van der Waals surface area contributed by atoms with Crippen molar-refractivity contribution in [2.75, 3.05) is 6.54 Å². The van der Waals surface area contributed by atoms with Gasteiger partial charge in [0, 0.05) is 13.0 Å². The number of benzene rings is 2. The third kappa shape index (κ3) is 12.1. The van der Waals surface area contributed by atoms with E-state index >= 15 is 0 Å². The molecule has 3 unspecified atom stereocenters. The van der Waals surface area contributed by atoms with Crippen LogP contribution in [-0.2, 0) is 30.3 Å². The van der Waals surface area contributed by atoms with E-state index in [-0.39, 0.29) is 18.9 Å². The molecule has 2 aromatic carbocycles. The lowest BCUT2D eigenvalue weighted by Gasteiger charge is -2.36. The van der Waals surface area contributed by atoms with Crippen molar-refractivity contribution >= 4 is 23.9 Å². The molecular formula is C37H55N3O6. The number of alkyl carbamates (subject to hydrolysis) is 1. The Balaban J connectivity index is 2.63. The Morgan fingerprint density at radius 3 is 1.96 bits per heavy atom. The van der Waals surface area contributed by atoms with E-state index in [4.69, 9.17) is 9.47 Å². The van der Waals surface area contributed by atoms with Crippen LogP contribution in [0.5, 0.6) is 0 Å². The second-order valence-corrected chi connectivity index (χ2v) is 14.3. The van der Waals surface area contributed by atoms with Crippen LogP contribution in [0.25, 0.3) is 0 Å². The Labute approximate surface area is 275 Å². The molecule has 2 aromatic rings. The fourth-order valence-electron chi connectivity index (χ4n) is 5.14. The lowest BCUT2D eigenvalue weighted by atomic mass is 9.93. The van der Waals surface area contributed by atoms with Gasteiger partial charge in [-0.2, -0.15) is 0 Å². The van der Waals surface area contributed by atoms with Crippen LogP contribution < -0.4 is 10.6 Å². The van der Waals surface area contributed by atoms with Gasteiger partial charge in [0.05, 0.1) is 0 Å². The second kappa shape index (κ2) is 16.6. The number of nitrogens with one attached hydrogen (secondary N) is 2. The fraction of sp³-hybridized carbons (Fsp3) is 0.568. The molecule has 0 bridgehead atoms. The number of rotatable bonds is 13. The first-order valence-corrected chi connectivity index (χ1v) is 16.3. The number of esters is 1. The zero-order valence-electron chi connectivity index (χ0n) is 29.7. The van der Waals surface area contributed by atoms with Gasteiger partial charge in [0.15, 0.2) is 0 Å². The number of carbonyl (C=O) groups is 4. The van der Waals surface area contributed by atoms with Gasteiger partial charge in [-0.25, -0.2) is 9.59 Å². The van der Waals surface area contributed by atoms with E-state index < -0.39 is 53.2 Å². The highest BCUT2D eigenvalue weighted by Gasteiger charge is 2.39. The first kappa shape index (κ1) is 38.3. The maximum Gasteiger partial charge on any atom is 0.408 e. The van der Waals surface area contributed by atoms with Crippen LogP contribution in [-0.4, -0.2) is 58.6 Å². The largest absolute Gasteiger partial charge is 0.458 e. The molecule has 0 aliphatic heterocycles. The summed E-state index contributed by atoms with van der Waals surface area (Å²) >= 11 is 0. The average Bonchev–Trinajstić information content (AvgIpc) is 2.92. The van der Waals surface area contributed by atoms with E-state index in [1.165, 1.54) is 4.90 Å². The monoisotopic (exact) mass is 637 g/mol. The third-order valence-electron chi connectivity index (χ3n) is 7.24. The van der Waals surface area contributed by atoms with Crippen LogP contribution in [0.2, 0.25) is 0 Å². The van der Waals surface area contributed by atoms with E-state index in [1.54, 1.807) is 41.5 Å². The predicted octanol–water partition coefficient (Wildman–Crippen LogP) is 6.59. The first-order valence-electron chi connectivity index (χ1n) is 16.3. The van der Waals surface area contributed by atoms with Gasteiger partial charge in [-0.15, -0.1) is 0 Å². The molecule has 0 saturated heterocycles. The minimum Gasteiger partial charge on any atom is -0.458 e. The number of ether oxygens (including phenoxy) is 2. The Morgan fingerprint density at radius 1 is 0.804 bits per heavy atom. The zero-order valence-corrected chi connectivity index (χ0v) is 29.7. The Kier molecular flexibility index (Phi) is 13.8. The van der Waals surface area contributed by atoms with E-state index in [9.17, 15) is 19.2 Å². The molecule has 0 saturated carbocycles. The predicted molar refractivity (Wildman–Crippen MR) is 181 cm³/mol. The Hall–Kier alpha value is -3.88. The molecular weight excluding hydrogens is 582 g/mol. The molecule has 0 fully saturated rings. The van der Waals surface area contributed by atoms with E-state index in [0.717, 1.165) is 16.7 Å². The van der Waals surface area contributed by atoms with Gasteiger partial charge in [-0.3, -0.25) is 9.59 Å². The van der Waals surface area contributed by atoms with Crippen LogP contribution in [0.1, 0.15) is 103 Å². The van der Waals surface area contributed by atoms with E-state index in [0.29, 0.717) is 18.4 Å². The van der Waals surface area contributed by atoms with Gasteiger partial charge in [-0.05, 0) is 96.4 Å². The van der Waals surface area contributed by atoms with Gasteiger partial charge in [0.1, 0.15) is 29.3 Å². The fourth-order valence-corrected chi connectivity index (χ4v) is 5.14. The number of aryl methyl sites for hydroxylation is 1. The van der Waals surface area contributed by atoms with Gasteiger partial charge < -0.3 is 25.0 Å². The summed E-state index contributed by atoms with van der Waals surface area (Å²) in [6, 6.07) is 12.0. The molecule has 3 atom stereocenters. The highest BCUT2D eigenvalue weighted by molar-refractivity contribution is 5.94. The van der Waals surface area contributed by atoms with Gasteiger partial charge in [-0.1, -0.05) is 69.3 Å². The number of nitrogens with zero attached hydrogens (tertiary/aromatic N) is 1. The van der Waals surface area contributed by atoms with Crippen LogP contribution in [0.15, 0.2) is 48.5 Å². The van der Waals surface area contributed by atoms with E-state index in [2.05, 4.69) is 10.6 Å². The Bertz CT molecular complexity index is 1330. The topological polar surface area (TPSA) is 114 Å². The average molecular weight is 638 g/mol. The highest BCUT2D eigenvalue weighted by Crippen LogP contribution is 2.29. The second-order valence-electron chi connectivity index (χ2n) is 14.3. The summed E-state index contributed by atoms with van der Waals surface area (Å²) in [4.78, 5) is 56.9. The van der Waals surface area contributed by atoms with Crippen LogP contribution in [0.4, 0.5) is 4.79 Å². The maximum absolute atomic E-state index is 14.5. The summed E-state index contributed by atoms with van der Waals surface area (Å²) in [7, 11) is 0. The minimum absolute atomic E-state index is 0.0581. The lowest BCUT2D eigenvalue weighted by Crippen LogP contribution is -2.55. The molecule has 9 nitrogen and oxygen atoms in total. The van der Waals surface area contributed by atoms with Crippen molar-refractivity contribution in [3.05, 3.63) is 70.8 Å². The van der Waals surface area contributed by atoms with Gasteiger partial charge in [0.2, 0.25) is 11.8 Å². The molecule has 0 aliphatic rings. The smallest absolute Gasteiger partial charge is 0.408 e. The van der Waals surface area contributed by atoms with Crippen LogP contribution in [0, 0.1) is 19.8 Å².